The molecule has 1 N–H and O–H groups in total. The van der Waals surface area contributed by atoms with Crippen LogP contribution in [0.3, 0.4) is 0 Å². The van der Waals surface area contributed by atoms with Gasteiger partial charge < -0.3 is 9.84 Å². The van der Waals surface area contributed by atoms with Crippen molar-refractivity contribution in [2.24, 2.45) is 0 Å². The largest absolute Gasteiger partial charge is 0.356 e. The van der Waals surface area contributed by atoms with Crippen LogP contribution in [-0.2, 0) is 11.3 Å². The SMILES string of the molecule is O=C(CSc1ccncc1)NCc1cc(-c2ccccc2F)on1. The fraction of sp³-hybridized carbons (Fsp3) is 0.118. The number of aromatic nitrogens is 2. The standard InChI is InChI=1S/C17H14FN3O2S/c18-15-4-2-1-3-14(15)16-9-12(21-23-16)10-20-17(22)11-24-13-5-7-19-8-6-13/h1-9H,10-11H2,(H,20,22). The van der Waals surface area contributed by atoms with Gasteiger partial charge in [-0.15, -0.1) is 11.8 Å². The van der Waals surface area contributed by atoms with Crippen molar-refractivity contribution in [3.05, 3.63) is 66.4 Å². The van der Waals surface area contributed by atoms with Gasteiger partial charge in [0.25, 0.3) is 0 Å². The van der Waals surface area contributed by atoms with Gasteiger partial charge in [-0.05, 0) is 24.3 Å². The summed E-state index contributed by atoms with van der Waals surface area (Å²) in [6.07, 6.45) is 3.36. The molecule has 0 bridgehead atoms. The van der Waals surface area contributed by atoms with E-state index in [1.807, 2.05) is 12.1 Å². The Hall–Kier alpha value is -2.67. The molecular formula is C17H14FN3O2S. The summed E-state index contributed by atoms with van der Waals surface area (Å²) in [6, 6.07) is 11.6. The Balaban J connectivity index is 1.52. The van der Waals surface area contributed by atoms with E-state index in [0.717, 1.165) is 4.90 Å². The first-order valence-electron chi connectivity index (χ1n) is 7.22. The maximum absolute atomic E-state index is 13.7. The average Bonchev–Trinajstić information content (AvgIpc) is 3.08. The highest BCUT2D eigenvalue weighted by Crippen LogP contribution is 2.23. The van der Waals surface area contributed by atoms with Gasteiger partial charge in [0.05, 0.1) is 17.9 Å². The van der Waals surface area contributed by atoms with E-state index in [2.05, 4.69) is 15.5 Å². The van der Waals surface area contributed by atoms with Gasteiger partial charge >= 0.3 is 0 Å². The molecule has 7 heteroatoms. The summed E-state index contributed by atoms with van der Waals surface area (Å²) in [5.41, 5.74) is 0.881. The molecule has 0 fully saturated rings. The highest BCUT2D eigenvalue weighted by molar-refractivity contribution is 8.00. The van der Waals surface area contributed by atoms with Gasteiger partial charge in [0.2, 0.25) is 5.91 Å². The number of thioether (sulfide) groups is 1. The van der Waals surface area contributed by atoms with E-state index in [1.54, 1.807) is 36.7 Å². The maximum atomic E-state index is 13.7. The molecule has 0 saturated heterocycles. The summed E-state index contributed by atoms with van der Waals surface area (Å²) in [5.74, 6) is 0.135. The fourth-order valence-electron chi connectivity index (χ4n) is 2.01. The predicted octanol–water partition coefficient (Wildman–Crippen LogP) is 3.28. The molecule has 0 aliphatic rings. The second kappa shape index (κ2) is 7.74. The monoisotopic (exact) mass is 343 g/mol. The normalized spacial score (nSPS) is 10.5. The van der Waals surface area contributed by atoms with Gasteiger partial charge in [-0.1, -0.05) is 17.3 Å². The van der Waals surface area contributed by atoms with E-state index < -0.39 is 0 Å². The number of nitrogens with zero attached hydrogens (tertiary/aromatic N) is 2. The number of hydrogen-bond donors (Lipinski definition) is 1. The lowest BCUT2D eigenvalue weighted by atomic mass is 10.1. The second-order valence-corrected chi connectivity index (χ2v) is 5.96. The van der Waals surface area contributed by atoms with Gasteiger partial charge in [-0.3, -0.25) is 9.78 Å². The summed E-state index contributed by atoms with van der Waals surface area (Å²) in [4.78, 5) is 16.8. The Bertz CT molecular complexity index is 823. The minimum absolute atomic E-state index is 0.118. The maximum Gasteiger partial charge on any atom is 0.230 e. The summed E-state index contributed by atoms with van der Waals surface area (Å²) in [7, 11) is 0. The summed E-state index contributed by atoms with van der Waals surface area (Å²) in [6.45, 7) is 0.230. The van der Waals surface area contributed by atoms with Crippen molar-refractivity contribution in [3.63, 3.8) is 0 Å². The van der Waals surface area contributed by atoms with Gasteiger partial charge in [0.15, 0.2) is 5.76 Å². The number of halogens is 1. The number of benzene rings is 1. The third-order valence-electron chi connectivity index (χ3n) is 3.18. The molecule has 1 amide bonds. The van der Waals surface area contributed by atoms with Crippen molar-refractivity contribution in [1.29, 1.82) is 0 Å². The van der Waals surface area contributed by atoms with E-state index in [9.17, 15) is 9.18 Å². The van der Waals surface area contributed by atoms with Crippen molar-refractivity contribution in [2.45, 2.75) is 11.4 Å². The highest BCUT2D eigenvalue weighted by Gasteiger charge is 2.11. The highest BCUT2D eigenvalue weighted by atomic mass is 32.2. The van der Waals surface area contributed by atoms with Crippen molar-refractivity contribution < 1.29 is 13.7 Å². The van der Waals surface area contributed by atoms with E-state index >= 15 is 0 Å². The minimum Gasteiger partial charge on any atom is -0.356 e. The first-order valence-corrected chi connectivity index (χ1v) is 8.21. The minimum atomic E-state index is -0.377. The van der Waals surface area contributed by atoms with Crippen LogP contribution in [0.4, 0.5) is 4.39 Å². The number of hydrogen-bond acceptors (Lipinski definition) is 5. The van der Waals surface area contributed by atoms with Crippen LogP contribution in [0.15, 0.2) is 64.3 Å². The molecule has 122 valence electrons. The molecule has 0 saturated carbocycles. The van der Waals surface area contributed by atoms with Crippen LogP contribution in [0.25, 0.3) is 11.3 Å². The smallest absolute Gasteiger partial charge is 0.230 e. The zero-order valence-electron chi connectivity index (χ0n) is 12.6. The van der Waals surface area contributed by atoms with Gasteiger partial charge in [-0.2, -0.15) is 0 Å². The first-order chi connectivity index (χ1) is 11.7. The quantitative estimate of drug-likeness (QED) is 0.696. The lowest BCUT2D eigenvalue weighted by Crippen LogP contribution is -2.24. The van der Waals surface area contributed by atoms with Gasteiger partial charge in [0, 0.05) is 23.4 Å². The number of amides is 1. The van der Waals surface area contributed by atoms with Crippen LogP contribution in [0.2, 0.25) is 0 Å². The zero-order chi connectivity index (χ0) is 16.8. The molecule has 0 atom stereocenters. The Kier molecular flexibility index (Phi) is 5.22. The molecule has 24 heavy (non-hydrogen) atoms. The summed E-state index contributed by atoms with van der Waals surface area (Å²) in [5, 5.41) is 6.61. The average molecular weight is 343 g/mol. The Morgan fingerprint density at radius 2 is 2.00 bits per heavy atom. The molecule has 0 unspecified atom stereocenters. The number of pyridine rings is 1. The van der Waals surface area contributed by atoms with Gasteiger partial charge in [-0.25, -0.2) is 4.39 Å². The van der Waals surface area contributed by atoms with Crippen LogP contribution < -0.4 is 5.32 Å². The van der Waals surface area contributed by atoms with Crippen molar-refractivity contribution in [2.75, 3.05) is 5.75 Å². The van der Waals surface area contributed by atoms with E-state index in [0.29, 0.717) is 22.8 Å². The molecule has 3 rings (SSSR count). The molecule has 0 aliphatic carbocycles. The topological polar surface area (TPSA) is 68.0 Å². The molecule has 2 heterocycles. The Morgan fingerprint density at radius 3 is 2.79 bits per heavy atom. The van der Waals surface area contributed by atoms with E-state index in [4.69, 9.17) is 4.52 Å². The molecule has 5 nitrogen and oxygen atoms in total. The van der Waals surface area contributed by atoms with Crippen LogP contribution >= 0.6 is 11.8 Å². The number of rotatable bonds is 6. The lowest BCUT2D eigenvalue weighted by Gasteiger charge is -2.02. The molecule has 3 aromatic rings. The van der Waals surface area contributed by atoms with Crippen molar-refractivity contribution >= 4 is 17.7 Å². The summed E-state index contributed by atoms with van der Waals surface area (Å²) < 4.78 is 18.8. The molecular weight excluding hydrogens is 329 g/mol. The second-order valence-electron chi connectivity index (χ2n) is 4.91. The van der Waals surface area contributed by atoms with Crippen LogP contribution in [0.1, 0.15) is 5.69 Å². The van der Waals surface area contributed by atoms with E-state index in [1.165, 1.54) is 17.8 Å². The number of nitrogens with one attached hydrogen (secondary N) is 1. The van der Waals surface area contributed by atoms with E-state index in [-0.39, 0.29) is 18.3 Å². The molecule has 2 aromatic heterocycles. The van der Waals surface area contributed by atoms with Crippen molar-refractivity contribution in [1.82, 2.24) is 15.5 Å². The fourth-order valence-corrected chi connectivity index (χ4v) is 2.72. The zero-order valence-corrected chi connectivity index (χ0v) is 13.4. The molecule has 0 spiro atoms. The lowest BCUT2D eigenvalue weighted by molar-refractivity contribution is -0.118. The van der Waals surface area contributed by atoms with Crippen LogP contribution in [0.5, 0.6) is 0 Å². The molecule has 1 aromatic carbocycles. The first kappa shape index (κ1) is 16.2. The Labute approximate surface area is 142 Å². The molecule has 0 aliphatic heterocycles. The third-order valence-corrected chi connectivity index (χ3v) is 4.20. The Morgan fingerprint density at radius 1 is 1.21 bits per heavy atom. The van der Waals surface area contributed by atoms with Crippen molar-refractivity contribution in [3.8, 4) is 11.3 Å². The molecule has 0 radical (unpaired) electrons. The number of carbonyl (C=O) groups is 1. The predicted molar refractivity (Wildman–Crippen MR) is 88.7 cm³/mol. The van der Waals surface area contributed by atoms with Crippen LogP contribution in [0, 0.1) is 5.82 Å². The van der Waals surface area contributed by atoms with Crippen LogP contribution in [-0.4, -0.2) is 21.8 Å². The summed E-state index contributed by atoms with van der Waals surface area (Å²) >= 11 is 1.42. The van der Waals surface area contributed by atoms with Gasteiger partial charge in [0.1, 0.15) is 11.5 Å². The number of carbonyl (C=O) groups excluding carboxylic acids is 1. The third kappa shape index (κ3) is 4.20.